The summed E-state index contributed by atoms with van der Waals surface area (Å²) in [4.78, 5) is 11.1. The van der Waals surface area contributed by atoms with Gasteiger partial charge in [0.2, 0.25) is 0 Å². The van der Waals surface area contributed by atoms with Crippen LogP contribution in [0.5, 0.6) is 0 Å². The zero-order chi connectivity index (χ0) is 10.9. The maximum Gasteiger partial charge on any atom is 0.306 e. The highest BCUT2D eigenvalue weighted by Crippen LogP contribution is 2.51. The van der Waals surface area contributed by atoms with Crippen molar-refractivity contribution < 1.29 is 9.90 Å². The van der Waals surface area contributed by atoms with Crippen LogP contribution in [0, 0.1) is 23.2 Å². The van der Waals surface area contributed by atoms with E-state index in [2.05, 4.69) is 20.8 Å². The van der Waals surface area contributed by atoms with Gasteiger partial charge in [-0.2, -0.15) is 0 Å². The average Bonchev–Trinajstić information content (AvgIpc) is 2.32. The molecule has 0 aromatic carbocycles. The number of hydrogen-bond donors (Lipinski definition) is 1. The molecule has 2 heteroatoms. The lowest BCUT2D eigenvalue weighted by molar-refractivity contribution is -0.145. The number of carbonyl (C=O) groups is 1. The highest BCUT2D eigenvalue weighted by molar-refractivity contribution is 5.70. The quantitative estimate of drug-likeness (QED) is 0.756. The fraction of sp³-hybridized carbons (Fsp3) is 0.917. The van der Waals surface area contributed by atoms with Gasteiger partial charge in [0.05, 0.1) is 5.92 Å². The summed E-state index contributed by atoms with van der Waals surface area (Å²) < 4.78 is 0. The predicted molar refractivity (Wildman–Crippen MR) is 57.1 cm³/mol. The standard InChI is InChI=1S/C12H22O2/c1-5-9(11(13)14)10-7-6-8(2)12(10,3)4/h8-10H,5-7H2,1-4H3,(H,13,14). The zero-order valence-corrected chi connectivity index (χ0v) is 9.71. The van der Waals surface area contributed by atoms with Gasteiger partial charge in [-0.05, 0) is 36.5 Å². The van der Waals surface area contributed by atoms with Crippen molar-refractivity contribution in [3.8, 4) is 0 Å². The van der Waals surface area contributed by atoms with E-state index in [0.717, 1.165) is 12.8 Å². The van der Waals surface area contributed by atoms with E-state index < -0.39 is 5.97 Å². The van der Waals surface area contributed by atoms with Crippen LogP contribution in [0.1, 0.15) is 47.0 Å². The minimum atomic E-state index is -0.611. The van der Waals surface area contributed by atoms with Crippen LogP contribution < -0.4 is 0 Å². The molecule has 1 aliphatic carbocycles. The SMILES string of the molecule is CCC(C(=O)O)C1CCC(C)C1(C)C. The predicted octanol–water partition coefficient (Wildman–Crippen LogP) is 3.17. The largest absolute Gasteiger partial charge is 0.481 e. The summed E-state index contributed by atoms with van der Waals surface area (Å²) in [5.41, 5.74) is 0.194. The van der Waals surface area contributed by atoms with Gasteiger partial charge in [0, 0.05) is 0 Å². The molecule has 1 saturated carbocycles. The lowest BCUT2D eigenvalue weighted by Gasteiger charge is -2.34. The first kappa shape index (κ1) is 11.5. The second kappa shape index (κ2) is 3.92. The van der Waals surface area contributed by atoms with Gasteiger partial charge in [0.25, 0.3) is 0 Å². The van der Waals surface area contributed by atoms with E-state index in [-0.39, 0.29) is 11.3 Å². The van der Waals surface area contributed by atoms with Crippen LogP contribution >= 0.6 is 0 Å². The van der Waals surface area contributed by atoms with Gasteiger partial charge in [-0.25, -0.2) is 0 Å². The molecule has 0 aromatic heterocycles. The number of aliphatic carboxylic acids is 1. The highest BCUT2D eigenvalue weighted by atomic mass is 16.4. The second-order valence-corrected chi connectivity index (χ2v) is 5.26. The molecule has 0 spiro atoms. The van der Waals surface area contributed by atoms with E-state index in [1.165, 1.54) is 6.42 Å². The van der Waals surface area contributed by atoms with E-state index in [1.54, 1.807) is 0 Å². The van der Waals surface area contributed by atoms with E-state index in [4.69, 9.17) is 5.11 Å². The molecular formula is C12H22O2. The fourth-order valence-electron chi connectivity index (χ4n) is 2.89. The van der Waals surface area contributed by atoms with E-state index in [1.807, 2.05) is 6.92 Å². The zero-order valence-electron chi connectivity index (χ0n) is 9.71. The molecule has 0 amide bonds. The molecule has 1 aliphatic rings. The Morgan fingerprint density at radius 2 is 2.07 bits per heavy atom. The average molecular weight is 198 g/mol. The Kier molecular flexibility index (Phi) is 3.23. The molecule has 3 unspecified atom stereocenters. The Balaban J connectivity index is 2.82. The Hall–Kier alpha value is -0.530. The molecule has 0 heterocycles. The molecule has 1 N–H and O–H groups in total. The minimum Gasteiger partial charge on any atom is -0.481 e. The molecule has 3 atom stereocenters. The Morgan fingerprint density at radius 1 is 1.50 bits per heavy atom. The Morgan fingerprint density at radius 3 is 2.36 bits per heavy atom. The molecule has 2 nitrogen and oxygen atoms in total. The molecule has 0 bridgehead atoms. The van der Waals surface area contributed by atoms with Gasteiger partial charge >= 0.3 is 5.97 Å². The van der Waals surface area contributed by atoms with Crippen molar-refractivity contribution in [2.24, 2.45) is 23.2 Å². The van der Waals surface area contributed by atoms with E-state index in [9.17, 15) is 4.79 Å². The summed E-state index contributed by atoms with van der Waals surface area (Å²) in [6, 6.07) is 0. The summed E-state index contributed by atoms with van der Waals surface area (Å²) in [5, 5.41) is 9.15. The monoisotopic (exact) mass is 198 g/mol. The maximum atomic E-state index is 11.1. The molecule has 0 aromatic rings. The highest BCUT2D eigenvalue weighted by Gasteiger charge is 2.45. The number of rotatable bonds is 3. The van der Waals surface area contributed by atoms with Crippen molar-refractivity contribution in [3.05, 3.63) is 0 Å². The van der Waals surface area contributed by atoms with Gasteiger partial charge in [0.15, 0.2) is 0 Å². The summed E-state index contributed by atoms with van der Waals surface area (Å²) in [6.45, 7) is 8.67. The number of carboxylic acid groups (broad SMARTS) is 1. The second-order valence-electron chi connectivity index (χ2n) is 5.26. The molecule has 0 saturated heterocycles. The van der Waals surface area contributed by atoms with Crippen LogP contribution in [0.4, 0.5) is 0 Å². The van der Waals surface area contributed by atoms with Gasteiger partial charge in [-0.15, -0.1) is 0 Å². The first-order valence-corrected chi connectivity index (χ1v) is 5.64. The molecule has 1 fully saturated rings. The molecule has 0 radical (unpaired) electrons. The number of hydrogen-bond acceptors (Lipinski definition) is 1. The van der Waals surface area contributed by atoms with Crippen LogP contribution in [0.25, 0.3) is 0 Å². The van der Waals surface area contributed by atoms with Crippen molar-refractivity contribution in [2.75, 3.05) is 0 Å². The normalized spacial score (nSPS) is 32.9. The first-order valence-electron chi connectivity index (χ1n) is 5.64. The van der Waals surface area contributed by atoms with Crippen molar-refractivity contribution >= 4 is 5.97 Å². The third-order valence-corrected chi connectivity index (χ3v) is 4.38. The van der Waals surface area contributed by atoms with Gasteiger partial charge in [-0.1, -0.05) is 27.7 Å². The third-order valence-electron chi connectivity index (χ3n) is 4.38. The van der Waals surface area contributed by atoms with Crippen LogP contribution in [0.2, 0.25) is 0 Å². The van der Waals surface area contributed by atoms with Crippen LogP contribution in [-0.4, -0.2) is 11.1 Å². The third kappa shape index (κ3) is 1.79. The Bertz CT molecular complexity index is 220. The lowest BCUT2D eigenvalue weighted by Crippen LogP contribution is -2.33. The summed E-state index contributed by atoms with van der Waals surface area (Å²) in [5.74, 6) is 0.260. The summed E-state index contributed by atoms with van der Waals surface area (Å²) in [6.07, 6.45) is 3.02. The molecular weight excluding hydrogens is 176 g/mol. The lowest BCUT2D eigenvalue weighted by atomic mass is 9.70. The van der Waals surface area contributed by atoms with Gasteiger partial charge < -0.3 is 5.11 Å². The molecule has 14 heavy (non-hydrogen) atoms. The van der Waals surface area contributed by atoms with Crippen molar-refractivity contribution in [1.82, 2.24) is 0 Å². The minimum absolute atomic E-state index is 0.144. The Labute approximate surface area is 86.7 Å². The topological polar surface area (TPSA) is 37.3 Å². The van der Waals surface area contributed by atoms with Gasteiger partial charge in [0.1, 0.15) is 0 Å². The molecule has 82 valence electrons. The van der Waals surface area contributed by atoms with E-state index >= 15 is 0 Å². The van der Waals surface area contributed by atoms with Crippen molar-refractivity contribution in [1.29, 1.82) is 0 Å². The molecule has 0 aliphatic heterocycles. The van der Waals surface area contributed by atoms with E-state index in [0.29, 0.717) is 11.8 Å². The van der Waals surface area contributed by atoms with Crippen molar-refractivity contribution in [2.45, 2.75) is 47.0 Å². The fourth-order valence-corrected chi connectivity index (χ4v) is 2.89. The maximum absolute atomic E-state index is 11.1. The molecule has 1 rings (SSSR count). The summed E-state index contributed by atoms with van der Waals surface area (Å²) >= 11 is 0. The van der Waals surface area contributed by atoms with Crippen molar-refractivity contribution in [3.63, 3.8) is 0 Å². The number of carboxylic acids is 1. The smallest absolute Gasteiger partial charge is 0.306 e. The summed E-state index contributed by atoms with van der Waals surface area (Å²) in [7, 11) is 0. The van der Waals surface area contributed by atoms with Gasteiger partial charge in [-0.3, -0.25) is 4.79 Å². The first-order chi connectivity index (χ1) is 6.41. The van der Waals surface area contributed by atoms with Crippen LogP contribution in [-0.2, 0) is 4.79 Å². The van der Waals surface area contributed by atoms with Crippen LogP contribution in [0.3, 0.4) is 0 Å². The van der Waals surface area contributed by atoms with Crippen LogP contribution in [0.15, 0.2) is 0 Å².